The fourth-order valence-corrected chi connectivity index (χ4v) is 5.53. The molecule has 0 spiro atoms. The molecule has 16 heteroatoms. The number of aliphatic carboxylic acids is 1. The van der Waals surface area contributed by atoms with Crippen LogP contribution < -0.4 is 21.3 Å². The lowest BCUT2D eigenvalue weighted by molar-refractivity contribution is -0.150. The van der Waals surface area contributed by atoms with E-state index in [1.807, 2.05) is 0 Å². The van der Waals surface area contributed by atoms with Crippen molar-refractivity contribution in [2.75, 3.05) is 25.7 Å². The Labute approximate surface area is 216 Å². The molecule has 0 saturated carbocycles. The molecule has 2 aliphatic rings. The molecule has 0 radical (unpaired) electrons. The molecule has 0 bridgehead atoms. The molecule has 37 heavy (non-hydrogen) atoms. The first-order valence-corrected chi connectivity index (χ1v) is 12.3. The van der Waals surface area contributed by atoms with Gasteiger partial charge in [0, 0.05) is 17.2 Å². The van der Waals surface area contributed by atoms with Gasteiger partial charge >= 0.3 is 5.97 Å². The largest absolute Gasteiger partial charge is 0.503 e. The summed E-state index contributed by atoms with van der Waals surface area (Å²) in [5.41, 5.74) is 5.25. The van der Waals surface area contributed by atoms with Crippen molar-refractivity contribution in [2.24, 2.45) is 5.16 Å². The van der Waals surface area contributed by atoms with Crippen LogP contribution in [0, 0.1) is 0 Å². The first kappa shape index (κ1) is 25.8. The highest BCUT2D eigenvalue weighted by Gasteiger charge is 2.54. The van der Waals surface area contributed by atoms with E-state index in [4.69, 9.17) is 15.4 Å². The zero-order valence-corrected chi connectivity index (χ0v) is 20.9. The summed E-state index contributed by atoms with van der Waals surface area (Å²) in [5.74, 6) is -3.02. The minimum Gasteiger partial charge on any atom is -0.503 e. The Balaban J connectivity index is 1.57. The molecule has 1 fully saturated rings. The maximum Gasteiger partial charge on any atom is 0.352 e. The molecule has 0 aliphatic carbocycles. The second kappa shape index (κ2) is 10.4. The number of aromatic nitrogens is 2. The van der Waals surface area contributed by atoms with Gasteiger partial charge in [-0.2, -0.15) is 4.73 Å². The molecule has 2 amide bonds. The minimum absolute atomic E-state index is 0.170. The van der Waals surface area contributed by atoms with Crippen LogP contribution >= 0.6 is 23.1 Å². The molecule has 0 aromatic carbocycles. The van der Waals surface area contributed by atoms with E-state index >= 15 is 0 Å². The van der Waals surface area contributed by atoms with Gasteiger partial charge in [-0.1, -0.05) is 11.2 Å². The fraction of sp³-hybridized carbons (Fsp3) is 0.238. The van der Waals surface area contributed by atoms with Crippen molar-refractivity contribution in [1.82, 2.24) is 19.9 Å². The van der Waals surface area contributed by atoms with E-state index < -0.39 is 40.4 Å². The second-order valence-corrected chi connectivity index (χ2v) is 9.52. The first-order valence-electron chi connectivity index (χ1n) is 10.4. The number of thioether (sulfide) groups is 1. The van der Waals surface area contributed by atoms with Crippen molar-refractivity contribution in [3.63, 3.8) is 0 Å². The number of nitrogens with one attached hydrogen (secondary N) is 1. The molecule has 1 saturated heterocycles. The van der Waals surface area contributed by atoms with Crippen molar-refractivity contribution in [3.05, 3.63) is 56.6 Å². The molecule has 4 rings (SSSR count). The zero-order valence-electron chi connectivity index (χ0n) is 19.3. The molecule has 194 valence electrons. The van der Waals surface area contributed by atoms with E-state index in [0.717, 1.165) is 33.2 Å². The number of fused-ring (bicyclic) bond motifs is 1. The monoisotopic (exact) mass is 548 g/mol. The SMILES string of the molecule is CON=C(C(=O)N[C@@H]1C(=O)N2C(C(=O)O)=C(C=Cc3cc(=O)c(O)cn3OC)CS[C@H]12)c1csc(N)n1. The number of oxime groups is 1. The number of anilines is 1. The summed E-state index contributed by atoms with van der Waals surface area (Å²) >= 11 is 2.34. The van der Waals surface area contributed by atoms with Crippen molar-refractivity contribution < 1.29 is 34.3 Å². The van der Waals surface area contributed by atoms with Crippen LogP contribution in [-0.2, 0) is 19.2 Å². The number of thiazole rings is 1. The van der Waals surface area contributed by atoms with Crippen molar-refractivity contribution in [1.29, 1.82) is 0 Å². The van der Waals surface area contributed by atoms with Gasteiger partial charge < -0.3 is 30.9 Å². The smallest absolute Gasteiger partial charge is 0.352 e. The van der Waals surface area contributed by atoms with Gasteiger partial charge in [-0.25, -0.2) is 9.78 Å². The number of carbonyl (C=O) groups is 3. The van der Waals surface area contributed by atoms with Gasteiger partial charge in [0.1, 0.15) is 37.0 Å². The van der Waals surface area contributed by atoms with Gasteiger partial charge in [-0.3, -0.25) is 19.3 Å². The highest BCUT2D eigenvalue weighted by Crippen LogP contribution is 2.40. The summed E-state index contributed by atoms with van der Waals surface area (Å²) in [5, 5.41) is 26.7. The Kier molecular flexibility index (Phi) is 7.21. The van der Waals surface area contributed by atoms with Crippen LogP contribution in [0.3, 0.4) is 0 Å². The Morgan fingerprint density at radius 3 is 2.70 bits per heavy atom. The number of pyridine rings is 1. The summed E-state index contributed by atoms with van der Waals surface area (Å²) in [6.45, 7) is 0. The molecule has 2 atom stereocenters. The second-order valence-electron chi connectivity index (χ2n) is 7.52. The number of carboxylic acids is 1. The quantitative estimate of drug-likeness (QED) is 0.188. The van der Waals surface area contributed by atoms with Gasteiger partial charge in [0.2, 0.25) is 5.43 Å². The van der Waals surface area contributed by atoms with E-state index in [2.05, 4.69) is 15.5 Å². The highest BCUT2D eigenvalue weighted by molar-refractivity contribution is 8.00. The van der Waals surface area contributed by atoms with Crippen LogP contribution in [0.2, 0.25) is 0 Å². The summed E-state index contributed by atoms with van der Waals surface area (Å²) in [6.07, 6.45) is 3.96. The van der Waals surface area contributed by atoms with Crippen LogP contribution in [0.1, 0.15) is 11.4 Å². The maximum absolute atomic E-state index is 12.9. The number of β-lactam (4-membered cyclic amide) rings is 1. The van der Waals surface area contributed by atoms with Crippen LogP contribution in [0.4, 0.5) is 5.13 Å². The average molecular weight is 549 g/mol. The molecule has 5 N–H and O–H groups in total. The van der Waals surface area contributed by atoms with Crippen LogP contribution in [0.15, 0.2) is 44.9 Å². The number of rotatable bonds is 8. The topological polar surface area (TPSA) is 199 Å². The molecule has 4 heterocycles. The van der Waals surface area contributed by atoms with Crippen molar-refractivity contribution in [3.8, 4) is 5.75 Å². The highest BCUT2D eigenvalue weighted by atomic mass is 32.2. The van der Waals surface area contributed by atoms with Crippen molar-refractivity contribution >= 4 is 57.8 Å². The molecule has 0 unspecified atom stereocenters. The van der Waals surface area contributed by atoms with E-state index in [9.17, 15) is 29.4 Å². The minimum atomic E-state index is -1.34. The molecule has 2 aliphatic heterocycles. The predicted molar refractivity (Wildman–Crippen MR) is 134 cm³/mol. The van der Waals surface area contributed by atoms with Crippen LogP contribution in [-0.4, -0.2) is 79.7 Å². The Bertz CT molecular complexity index is 1430. The third kappa shape index (κ3) is 4.88. The summed E-state index contributed by atoms with van der Waals surface area (Å²) in [6, 6.07) is 0.107. The van der Waals surface area contributed by atoms with Gasteiger partial charge in [-0.15, -0.1) is 23.1 Å². The number of nitrogens with zero attached hydrogens (tertiary/aromatic N) is 4. The average Bonchev–Trinajstić information content (AvgIpc) is 3.30. The normalized spacial score (nSPS) is 19.5. The summed E-state index contributed by atoms with van der Waals surface area (Å²) in [7, 11) is 2.57. The number of carbonyl (C=O) groups excluding carboxylic acids is 2. The molecule has 2 aromatic heterocycles. The fourth-order valence-electron chi connectivity index (χ4n) is 3.66. The lowest BCUT2D eigenvalue weighted by Crippen LogP contribution is -2.71. The Hall–Kier alpha value is -4.31. The number of hydrogen-bond acceptors (Lipinski definition) is 12. The summed E-state index contributed by atoms with van der Waals surface area (Å²) in [4.78, 5) is 64.6. The molecule has 14 nitrogen and oxygen atoms in total. The lowest BCUT2D eigenvalue weighted by Gasteiger charge is -2.49. The zero-order chi connectivity index (χ0) is 26.9. The number of amides is 2. The van der Waals surface area contributed by atoms with Crippen LogP contribution in [0.25, 0.3) is 6.08 Å². The van der Waals surface area contributed by atoms with E-state index in [0.29, 0.717) is 5.57 Å². The van der Waals surface area contributed by atoms with Crippen molar-refractivity contribution in [2.45, 2.75) is 11.4 Å². The lowest BCUT2D eigenvalue weighted by atomic mass is 10.0. The van der Waals surface area contributed by atoms with Gasteiger partial charge in [0.05, 0.1) is 11.9 Å². The third-order valence-electron chi connectivity index (χ3n) is 5.33. The standard InChI is InChI=1S/C21H20N6O8S2/c1-34-25-14(11-8-37-21(22)23-11)17(30)24-15-18(31)27-16(20(32)33)9(7-36-19(15)27)3-4-10-5-12(28)13(29)6-26(10)35-2/h3-6,8,15,19,29H,7H2,1-2H3,(H2,22,23)(H,24,30)(H,32,33)/t15-,19-/m1/s1. The summed E-state index contributed by atoms with van der Waals surface area (Å²) < 4.78 is 1.13. The van der Waals surface area contributed by atoms with E-state index in [-0.39, 0.29) is 33.7 Å². The number of aromatic hydroxyl groups is 1. The third-order valence-corrected chi connectivity index (χ3v) is 7.30. The number of nitrogen functional groups attached to an aromatic ring is 1. The van der Waals surface area contributed by atoms with Gasteiger partial charge in [0.25, 0.3) is 11.8 Å². The Morgan fingerprint density at radius 2 is 2.08 bits per heavy atom. The molecular formula is C21H20N6O8S2. The number of carboxylic acid groups (broad SMARTS) is 1. The molecular weight excluding hydrogens is 528 g/mol. The maximum atomic E-state index is 12.9. The van der Waals surface area contributed by atoms with E-state index in [1.54, 1.807) is 0 Å². The molecule has 2 aromatic rings. The number of nitrogens with two attached hydrogens (primary N) is 1. The predicted octanol–water partition coefficient (Wildman–Crippen LogP) is -0.546. The van der Waals surface area contributed by atoms with E-state index in [1.165, 1.54) is 43.5 Å². The number of allylic oxidation sites excluding steroid dienone is 1. The van der Waals surface area contributed by atoms with Crippen LogP contribution in [0.5, 0.6) is 5.75 Å². The van der Waals surface area contributed by atoms with Gasteiger partial charge in [-0.05, 0) is 11.6 Å². The number of hydrogen-bond donors (Lipinski definition) is 4. The Morgan fingerprint density at radius 1 is 1.32 bits per heavy atom. The first-order chi connectivity index (χ1) is 17.7. The van der Waals surface area contributed by atoms with Gasteiger partial charge in [0.15, 0.2) is 16.6 Å².